The predicted molar refractivity (Wildman–Crippen MR) is 94.8 cm³/mol. The molecule has 23 heavy (non-hydrogen) atoms. The van der Waals surface area contributed by atoms with Crippen LogP contribution < -0.4 is 15.4 Å². The largest absolute Gasteiger partial charge is 0.492 e. The van der Waals surface area contributed by atoms with Gasteiger partial charge in [-0.05, 0) is 42.3 Å². The van der Waals surface area contributed by atoms with Crippen molar-refractivity contribution < 1.29 is 9.53 Å². The number of rotatable bonds is 6. The molecule has 0 saturated carbocycles. The van der Waals surface area contributed by atoms with Gasteiger partial charge in [0.05, 0.1) is 17.3 Å². The highest BCUT2D eigenvalue weighted by Gasteiger charge is 2.06. The van der Waals surface area contributed by atoms with Crippen LogP contribution in [0.15, 0.2) is 42.5 Å². The van der Waals surface area contributed by atoms with E-state index in [1.54, 1.807) is 18.2 Å². The lowest BCUT2D eigenvalue weighted by Gasteiger charge is -2.10. The Hall–Kier alpha value is -1.91. The Labute approximate surface area is 145 Å². The summed E-state index contributed by atoms with van der Waals surface area (Å²) in [5.41, 5.74) is 1.72. The molecule has 0 saturated heterocycles. The van der Waals surface area contributed by atoms with Crippen molar-refractivity contribution in [3.8, 4) is 5.75 Å². The van der Waals surface area contributed by atoms with Crippen LogP contribution in [-0.2, 0) is 6.42 Å². The third kappa shape index (κ3) is 5.66. The SMILES string of the molecule is CCc1ccc(OCCNC(=O)Nc2cc(Cl)ccc2Cl)cc1. The number of urea groups is 1. The van der Waals surface area contributed by atoms with Crippen molar-refractivity contribution in [2.45, 2.75) is 13.3 Å². The van der Waals surface area contributed by atoms with E-state index in [0.717, 1.165) is 12.2 Å². The number of hydrogen-bond donors (Lipinski definition) is 2. The second-order valence-corrected chi connectivity index (χ2v) is 5.69. The molecule has 4 nitrogen and oxygen atoms in total. The van der Waals surface area contributed by atoms with Crippen molar-refractivity contribution in [3.63, 3.8) is 0 Å². The Morgan fingerprint density at radius 3 is 2.57 bits per heavy atom. The van der Waals surface area contributed by atoms with Crippen LogP contribution in [0.5, 0.6) is 5.75 Å². The van der Waals surface area contributed by atoms with Gasteiger partial charge in [0.1, 0.15) is 12.4 Å². The van der Waals surface area contributed by atoms with Crippen LogP contribution in [-0.4, -0.2) is 19.2 Å². The van der Waals surface area contributed by atoms with Gasteiger partial charge < -0.3 is 15.4 Å². The van der Waals surface area contributed by atoms with E-state index in [0.29, 0.717) is 28.9 Å². The van der Waals surface area contributed by atoms with E-state index in [4.69, 9.17) is 27.9 Å². The zero-order valence-electron chi connectivity index (χ0n) is 12.7. The fraction of sp³-hybridized carbons (Fsp3) is 0.235. The summed E-state index contributed by atoms with van der Waals surface area (Å²) in [5.74, 6) is 0.780. The van der Waals surface area contributed by atoms with Crippen molar-refractivity contribution in [2.75, 3.05) is 18.5 Å². The zero-order chi connectivity index (χ0) is 16.7. The number of carbonyl (C=O) groups excluding carboxylic acids is 1. The Morgan fingerprint density at radius 1 is 1.13 bits per heavy atom. The first-order chi connectivity index (χ1) is 11.1. The van der Waals surface area contributed by atoms with Gasteiger partial charge in [0, 0.05) is 5.02 Å². The molecule has 0 atom stereocenters. The van der Waals surface area contributed by atoms with E-state index < -0.39 is 0 Å². The van der Waals surface area contributed by atoms with Crippen molar-refractivity contribution in [1.82, 2.24) is 5.32 Å². The van der Waals surface area contributed by atoms with Crippen LogP contribution in [0.1, 0.15) is 12.5 Å². The topological polar surface area (TPSA) is 50.4 Å². The predicted octanol–water partition coefficient (Wildman–Crippen LogP) is 4.76. The molecule has 0 radical (unpaired) electrons. The second-order valence-electron chi connectivity index (χ2n) is 4.85. The van der Waals surface area contributed by atoms with E-state index >= 15 is 0 Å². The number of nitrogens with one attached hydrogen (secondary N) is 2. The highest BCUT2D eigenvalue weighted by atomic mass is 35.5. The number of ether oxygens (including phenoxy) is 1. The second kappa shape index (κ2) is 8.65. The van der Waals surface area contributed by atoms with Gasteiger partial charge in [-0.2, -0.15) is 0 Å². The minimum atomic E-state index is -0.362. The van der Waals surface area contributed by atoms with Crippen LogP contribution in [0, 0.1) is 0 Å². The highest BCUT2D eigenvalue weighted by Crippen LogP contribution is 2.25. The third-order valence-electron chi connectivity index (χ3n) is 3.16. The van der Waals surface area contributed by atoms with Gasteiger partial charge in [-0.1, -0.05) is 42.3 Å². The van der Waals surface area contributed by atoms with Crippen molar-refractivity contribution in [3.05, 3.63) is 58.1 Å². The molecule has 2 N–H and O–H groups in total. The van der Waals surface area contributed by atoms with Crippen molar-refractivity contribution in [2.24, 2.45) is 0 Å². The Balaban J connectivity index is 1.73. The van der Waals surface area contributed by atoms with Gasteiger partial charge in [0.2, 0.25) is 0 Å². The lowest BCUT2D eigenvalue weighted by molar-refractivity contribution is 0.247. The molecule has 0 aliphatic rings. The summed E-state index contributed by atoms with van der Waals surface area (Å²) in [6.45, 7) is 2.85. The summed E-state index contributed by atoms with van der Waals surface area (Å²) < 4.78 is 5.56. The summed E-state index contributed by atoms with van der Waals surface area (Å²) >= 11 is 11.8. The molecule has 0 spiro atoms. The minimum absolute atomic E-state index is 0.362. The first-order valence-electron chi connectivity index (χ1n) is 7.30. The average Bonchev–Trinajstić information content (AvgIpc) is 2.55. The normalized spacial score (nSPS) is 10.2. The average molecular weight is 353 g/mol. The molecule has 2 rings (SSSR count). The molecule has 2 amide bonds. The number of amides is 2. The van der Waals surface area contributed by atoms with Gasteiger partial charge in [-0.15, -0.1) is 0 Å². The number of carbonyl (C=O) groups is 1. The monoisotopic (exact) mass is 352 g/mol. The minimum Gasteiger partial charge on any atom is -0.492 e. The highest BCUT2D eigenvalue weighted by molar-refractivity contribution is 6.35. The first kappa shape index (κ1) is 17.4. The molecule has 0 fully saturated rings. The maximum Gasteiger partial charge on any atom is 0.319 e. The molecule has 0 aliphatic heterocycles. The Bertz CT molecular complexity index is 660. The van der Waals surface area contributed by atoms with Crippen molar-refractivity contribution >= 4 is 34.9 Å². The van der Waals surface area contributed by atoms with Crippen LogP contribution in [0.25, 0.3) is 0 Å². The van der Waals surface area contributed by atoms with Crippen molar-refractivity contribution in [1.29, 1.82) is 0 Å². The van der Waals surface area contributed by atoms with E-state index in [9.17, 15) is 4.79 Å². The summed E-state index contributed by atoms with van der Waals surface area (Å²) in [7, 11) is 0. The quantitative estimate of drug-likeness (QED) is 0.736. The number of halogens is 2. The van der Waals surface area contributed by atoms with E-state index in [2.05, 4.69) is 17.6 Å². The molecule has 0 aromatic heterocycles. The molecule has 6 heteroatoms. The molecule has 0 bridgehead atoms. The lowest BCUT2D eigenvalue weighted by atomic mass is 10.2. The smallest absolute Gasteiger partial charge is 0.319 e. The molecular formula is C17H18Cl2N2O2. The fourth-order valence-electron chi connectivity index (χ4n) is 1.91. The van der Waals surface area contributed by atoms with E-state index in [1.807, 2.05) is 24.3 Å². The number of anilines is 1. The standard InChI is InChI=1S/C17H18Cl2N2O2/c1-2-12-3-6-14(7-4-12)23-10-9-20-17(22)21-16-11-13(18)5-8-15(16)19/h3-8,11H,2,9-10H2,1H3,(H2,20,21,22). The molecule has 2 aromatic carbocycles. The van der Waals surface area contributed by atoms with Crippen LogP contribution in [0.3, 0.4) is 0 Å². The number of aryl methyl sites for hydroxylation is 1. The molecular weight excluding hydrogens is 335 g/mol. The molecule has 0 heterocycles. The maximum absolute atomic E-state index is 11.8. The van der Waals surface area contributed by atoms with Crippen LogP contribution in [0.4, 0.5) is 10.5 Å². The first-order valence-corrected chi connectivity index (χ1v) is 8.05. The molecule has 2 aromatic rings. The van der Waals surface area contributed by atoms with E-state index in [1.165, 1.54) is 5.56 Å². The van der Waals surface area contributed by atoms with Gasteiger partial charge in [0.25, 0.3) is 0 Å². The Kier molecular flexibility index (Phi) is 6.56. The summed E-state index contributed by atoms with van der Waals surface area (Å²) in [4.78, 5) is 11.8. The lowest BCUT2D eigenvalue weighted by Crippen LogP contribution is -2.32. The van der Waals surface area contributed by atoms with Crippen LogP contribution >= 0.6 is 23.2 Å². The fourth-order valence-corrected chi connectivity index (χ4v) is 2.25. The van der Waals surface area contributed by atoms with Gasteiger partial charge in [0.15, 0.2) is 0 Å². The van der Waals surface area contributed by atoms with Crippen LogP contribution in [0.2, 0.25) is 10.0 Å². The summed E-state index contributed by atoms with van der Waals surface area (Å²) in [5, 5.41) is 6.27. The zero-order valence-corrected chi connectivity index (χ0v) is 14.2. The van der Waals surface area contributed by atoms with E-state index in [-0.39, 0.29) is 6.03 Å². The van der Waals surface area contributed by atoms with Gasteiger partial charge in [-0.25, -0.2) is 4.79 Å². The number of hydrogen-bond acceptors (Lipinski definition) is 2. The van der Waals surface area contributed by atoms with Gasteiger partial charge in [-0.3, -0.25) is 0 Å². The summed E-state index contributed by atoms with van der Waals surface area (Å²) in [6.07, 6.45) is 0.994. The molecule has 0 unspecified atom stereocenters. The Morgan fingerprint density at radius 2 is 1.87 bits per heavy atom. The summed E-state index contributed by atoms with van der Waals surface area (Å²) in [6, 6.07) is 12.4. The molecule has 122 valence electrons. The van der Waals surface area contributed by atoms with Gasteiger partial charge >= 0.3 is 6.03 Å². The maximum atomic E-state index is 11.8. The third-order valence-corrected chi connectivity index (χ3v) is 3.73. The number of benzene rings is 2. The molecule has 0 aliphatic carbocycles.